The van der Waals surface area contributed by atoms with E-state index in [0.717, 1.165) is 0 Å². The van der Waals surface area contributed by atoms with E-state index in [4.69, 9.17) is 0 Å². The summed E-state index contributed by atoms with van der Waals surface area (Å²) in [4.78, 5) is 7.39. The van der Waals surface area contributed by atoms with E-state index >= 15 is 0 Å². The Balaban J connectivity index is 2.59. The highest BCUT2D eigenvalue weighted by Crippen LogP contribution is 2.15. The summed E-state index contributed by atoms with van der Waals surface area (Å²) in [6, 6.07) is 1.39. The van der Waals surface area contributed by atoms with Crippen molar-refractivity contribution in [2.45, 2.75) is 6.18 Å². The Labute approximate surface area is 78.6 Å². The van der Waals surface area contributed by atoms with Gasteiger partial charge in [0.1, 0.15) is 24.5 Å². The summed E-state index contributed by atoms with van der Waals surface area (Å²) >= 11 is 0. The second-order valence-corrected chi connectivity index (χ2v) is 2.51. The molecule has 0 aliphatic heterocycles. The van der Waals surface area contributed by atoms with Crippen molar-refractivity contribution < 1.29 is 13.2 Å². The van der Waals surface area contributed by atoms with E-state index in [9.17, 15) is 13.2 Å². The molecule has 0 atom stereocenters. The summed E-state index contributed by atoms with van der Waals surface area (Å²) in [5.74, 6) is 0.603. The molecule has 7 heteroatoms. The summed E-state index contributed by atoms with van der Waals surface area (Å²) in [6.07, 6.45) is -3.06. The molecule has 0 bridgehead atoms. The molecular weight excluding hydrogens is 197 g/mol. The Hall–Kier alpha value is -1.53. The lowest BCUT2D eigenvalue weighted by molar-refractivity contribution is -0.115. The Morgan fingerprint density at radius 3 is 2.50 bits per heavy atom. The van der Waals surface area contributed by atoms with Crippen molar-refractivity contribution in [3.8, 4) is 0 Å². The Bertz CT molecular complexity index is 299. The minimum atomic E-state index is -4.25. The highest BCUT2D eigenvalue weighted by Gasteiger charge is 2.26. The van der Waals surface area contributed by atoms with Crippen LogP contribution in [0.2, 0.25) is 0 Å². The van der Waals surface area contributed by atoms with Gasteiger partial charge in [-0.1, -0.05) is 0 Å². The van der Waals surface area contributed by atoms with E-state index in [2.05, 4.69) is 20.6 Å². The number of nitrogens with zero attached hydrogens (tertiary/aromatic N) is 2. The summed E-state index contributed by atoms with van der Waals surface area (Å²) in [7, 11) is 1.62. The summed E-state index contributed by atoms with van der Waals surface area (Å²) < 4.78 is 35.4. The van der Waals surface area contributed by atoms with Crippen LogP contribution in [0.5, 0.6) is 0 Å². The fourth-order valence-corrected chi connectivity index (χ4v) is 0.781. The Kier molecular flexibility index (Phi) is 3.10. The molecule has 1 rings (SSSR count). The number of aromatic nitrogens is 2. The van der Waals surface area contributed by atoms with Gasteiger partial charge in [-0.25, -0.2) is 9.97 Å². The minimum Gasteiger partial charge on any atom is -0.373 e. The molecule has 14 heavy (non-hydrogen) atoms. The molecule has 0 aliphatic rings. The zero-order chi connectivity index (χ0) is 10.6. The van der Waals surface area contributed by atoms with E-state index in [-0.39, 0.29) is 5.82 Å². The first-order chi connectivity index (χ1) is 6.51. The third-order valence-electron chi connectivity index (χ3n) is 1.39. The third-order valence-corrected chi connectivity index (χ3v) is 1.39. The fourth-order valence-electron chi connectivity index (χ4n) is 0.781. The van der Waals surface area contributed by atoms with E-state index in [1.807, 2.05) is 0 Å². The predicted octanol–water partition coefficient (Wildman–Crippen LogP) is 1.49. The molecular formula is C7H9F3N4. The molecule has 0 radical (unpaired) electrons. The summed E-state index contributed by atoms with van der Waals surface area (Å²) in [5.41, 5.74) is 0. The van der Waals surface area contributed by atoms with Gasteiger partial charge in [-0.2, -0.15) is 13.2 Å². The third kappa shape index (κ3) is 3.46. The van der Waals surface area contributed by atoms with Gasteiger partial charge in [-0.05, 0) is 0 Å². The molecule has 1 heterocycles. The van der Waals surface area contributed by atoms with E-state index in [1.165, 1.54) is 12.4 Å². The van der Waals surface area contributed by atoms with Gasteiger partial charge in [0.25, 0.3) is 0 Å². The zero-order valence-electron chi connectivity index (χ0n) is 7.39. The number of nitrogens with one attached hydrogen (secondary N) is 2. The molecule has 1 aromatic heterocycles. The molecule has 0 saturated heterocycles. The molecule has 78 valence electrons. The van der Waals surface area contributed by atoms with Gasteiger partial charge in [-0.15, -0.1) is 0 Å². The topological polar surface area (TPSA) is 49.8 Å². The zero-order valence-corrected chi connectivity index (χ0v) is 7.39. The SMILES string of the molecule is CNc1cc(NCC(F)(F)F)ncn1. The van der Waals surface area contributed by atoms with Crippen LogP contribution in [0.1, 0.15) is 0 Å². The smallest absolute Gasteiger partial charge is 0.373 e. The van der Waals surface area contributed by atoms with Gasteiger partial charge in [-0.3, -0.25) is 0 Å². The van der Waals surface area contributed by atoms with Gasteiger partial charge in [0.05, 0.1) is 0 Å². The molecule has 0 fully saturated rings. The lowest BCUT2D eigenvalue weighted by atomic mass is 10.5. The largest absolute Gasteiger partial charge is 0.405 e. The molecule has 2 N–H and O–H groups in total. The molecule has 4 nitrogen and oxygen atoms in total. The van der Waals surface area contributed by atoms with Crippen molar-refractivity contribution in [1.82, 2.24) is 9.97 Å². The molecule has 0 unspecified atom stereocenters. The van der Waals surface area contributed by atoms with E-state index < -0.39 is 12.7 Å². The summed E-state index contributed by atoms with van der Waals surface area (Å²) in [6.45, 7) is -1.10. The van der Waals surface area contributed by atoms with Crippen molar-refractivity contribution in [1.29, 1.82) is 0 Å². The lowest BCUT2D eigenvalue weighted by Gasteiger charge is -2.08. The average molecular weight is 206 g/mol. The van der Waals surface area contributed by atoms with Crippen LogP contribution in [0.15, 0.2) is 12.4 Å². The van der Waals surface area contributed by atoms with E-state index in [1.54, 1.807) is 7.05 Å². The van der Waals surface area contributed by atoms with Crippen LogP contribution in [0.25, 0.3) is 0 Å². The van der Waals surface area contributed by atoms with Crippen LogP contribution >= 0.6 is 0 Å². The Morgan fingerprint density at radius 1 is 1.29 bits per heavy atom. The van der Waals surface area contributed by atoms with Crippen LogP contribution in [0, 0.1) is 0 Å². The van der Waals surface area contributed by atoms with Crippen LogP contribution in [0.3, 0.4) is 0 Å². The average Bonchev–Trinajstić information content (AvgIpc) is 2.14. The van der Waals surface area contributed by atoms with Gasteiger partial charge in [0.15, 0.2) is 0 Å². The normalized spacial score (nSPS) is 11.1. The highest BCUT2D eigenvalue weighted by atomic mass is 19.4. The first-order valence-corrected chi connectivity index (χ1v) is 3.82. The molecule has 1 aromatic rings. The lowest BCUT2D eigenvalue weighted by Crippen LogP contribution is -2.21. The fraction of sp³-hybridized carbons (Fsp3) is 0.429. The van der Waals surface area contributed by atoms with Crippen molar-refractivity contribution in [3.05, 3.63) is 12.4 Å². The predicted molar refractivity (Wildman–Crippen MR) is 46.1 cm³/mol. The maximum absolute atomic E-state index is 11.8. The van der Waals surface area contributed by atoms with Crippen molar-refractivity contribution >= 4 is 11.6 Å². The highest BCUT2D eigenvalue weighted by molar-refractivity contribution is 5.45. The number of rotatable bonds is 3. The quantitative estimate of drug-likeness (QED) is 0.786. The van der Waals surface area contributed by atoms with Gasteiger partial charge in [0.2, 0.25) is 0 Å². The van der Waals surface area contributed by atoms with Crippen molar-refractivity contribution in [2.75, 3.05) is 24.2 Å². The molecule has 0 aromatic carbocycles. The van der Waals surface area contributed by atoms with Crippen LogP contribution in [-0.4, -0.2) is 29.7 Å². The van der Waals surface area contributed by atoms with Crippen molar-refractivity contribution in [3.63, 3.8) is 0 Å². The van der Waals surface area contributed by atoms with Gasteiger partial charge < -0.3 is 10.6 Å². The monoisotopic (exact) mass is 206 g/mol. The first-order valence-electron chi connectivity index (χ1n) is 3.82. The molecule has 0 aliphatic carbocycles. The first kappa shape index (κ1) is 10.6. The van der Waals surface area contributed by atoms with Crippen LogP contribution in [-0.2, 0) is 0 Å². The second kappa shape index (κ2) is 4.12. The molecule has 0 amide bonds. The number of halogens is 3. The molecule has 0 spiro atoms. The number of hydrogen-bond acceptors (Lipinski definition) is 4. The van der Waals surface area contributed by atoms with Crippen molar-refractivity contribution in [2.24, 2.45) is 0 Å². The minimum absolute atomic E-state index is 0.140. The van der Waals surface area contributed by atoms with Crippen LogP contribution in [0.4, 0.5) is 24.8 Å². The Morgan fingerprint density at radius 2 is 1.93 bits per heavy atom. The standard InChI is InChI=1S/C7H9F3N4/c1-11-5-2-6(14-4-13-5)12-3-7(8,9)10/h2,4H,3H2,1H3,(H2,11,12,13,14). The maximum atomic E-state index is 11.8. The number of hydrogen-bond donors (Lipinski definition) is 2. The van der Waals surface area contributed by atoms with Gasteiger partial charge >= 0.3 is 6.18 Å². The second-order valence-electron chi connectivity index (χ2n) is 2.51. The van der Waals surface area contributed by atoms with Gasteiger partial charge in [0, 0.05) is 13.1 Å². The maximum Gasteiger partial charge on any atom is 0.405 e. The van der Waals surface area contributed by atoms with Crippen LogP contribution < -0.4 is 10.6 Å². The molecule has 0 saturated carbocycles. The summed E-state index contributed by atoms with van der Waals surface area (Å²) in [5, 5.41) is 4.84. The van der Waals surface area contributed by atoms with E-state index in [0.29, 0.717) is 5.82 Å². The number of alkyl halides is 3. The number of anilines is 2.